The van der Waals surface area contributed by atoms with Crippen molar-refractivity contribution in [2.45, 2.75) is 4.90 Å². The average Bonchev–Trinajstić information content (AvgIpc) is 1.83. The molecule has 0 unspecified atom stereocenters. The smallest absolute Gasteiger partial charge is 1.00 e. The van der Waals surface area contributed by atoms with Gasteiger partial charge in [-0.3, -0.25) is 4.55 Å². The van der Waals surface area contributed by atoms with E-state index in [1.165, 1.54) is 12.1 Å². The summed E-state index contributed by atoms with van der Waals surface area (Å²) in [5.74, 6) is 0. The second-order valence-corrected chi connectivity index (χ2v) is 4.28. The third-order valence-corrected chi connectivity index (χ3v) is 2.74. The van der Waals surface area contributed by atoms with Crippen LogP contribution in [0.2, 0.25) is 10.0 Å². The molecule has 7 heteroatoms. The van der Waals surface area contributed by atoms with E-state index in [9.17, 15) is 8.42 Å². The average molecular weight is 267 g/mol. The van der Waals surface area contributed by atoms with Crippen molar-refractivity contribution in [2.24, 2.45) is 0 Å². The molecule has 0 amide bonds. The number of benzene rings is 1. The molecule has 1 rings (SSSR count). The molecule has 0 bridgehead atoms. The van der Waals surface area contributed by atoms with Crippen LogP contribution < -0.4 is 51.4 Å². The van der Waals surface area contributed by atoms with Gasteiger partial charge in [-0.25, -0.2) is 0 Å². The van der Waals surface area contributed by atoms with E-state index >= 15 is 0 Å². The summed E-state index contributed by atoms with van der Waals surface area (Å²) in [6.45, 7) is 0. The van der Waals surface area contributed by atoms with Crippen LogP contribution in [0.3, 0.4) is 0 Å². The fourth-order valence-electron chi connectivity index (χ4n) is 0.684. The first-order valence-electron chi connectivity index (χ1n) is 2.84. The fraction of sp³-hybridized carbons (Fsp3) is 0. The Hall–Kier alpha value is 1.35. The Morgan fingerprint density at radius 1 is 1.31 bits per heavy atom. The van der Waals surface area contributed by atoms with Crippen LogP contribution in [-0.4, -0.2) is 13.0 Å². The third kappa shape index (κ3) is 4.15. The maximum absolute atomic E-state index is 10.6. The Morgan fingerprint density at radius 3 is 2.23 bits per heavy atom. The van der Waals surface area contributed by atoms with Gasteiger partial charge in [-0.05, 0) is 18.2 Å². The SMILES string of the molecule is O=S(=O)(O)c1ccc(Cl)cc1Cl.[H-].[K+]. The Morgan fingerprint density at radius 2 is 1.85 bits per heavy atom. The summed E-state index contributed by atoms with van der Waals surface area (Å²) in [5.41, 5.74) is 0. The van der Waals surface area contributed by atoms with E-state index in [0.717, 1.165) is 6.07 Å². The van der Waals surface area contributed by atoms with Crippen molar-refractivity contribution < 1.29 is 65.8 Å². The van der Waals surface area contributed by atoms with Crippen LogP contribution in [0.1, 0.15) is 1.43 Å². The van der Waals surface area contributed by atoms with E-state index in [2.05, 4.69) is 0 Å². The van der Waals surface area contributed by atoms with Crippen LogP contribution in [0, 0.1) is 0 Å². The van der Waals surface area contributed by atoms with Crippen molar-refractivity contribution in [3.63, 3.8) is 0 Å². The first-order valence-corrected chi connectivity index (χ1v) is 5.03. The maximum Gasteiger partial charge on any atom is 1.00 e. The van der Waals surface area contributed by atoms with E-state index in [4.69, 9.17) is 27.8 Å². The summed E-state index contributed by atoms with van der Waals surface area (Å²) >= 11 is 11.0. The molecular weight excluding hydrogens is 262 g/mol. The van der Waals surface area contributed by atoms with Gasteiger partial charge >= 0.3 is 51.4 Å². The first kappa shape index (κ1) is 14.3. The summed E-state index contributed by atoms with van der Waals surface area (Å²) < 4.78 is 29.8. The molecule has 0 aliphatic rings. The van der Waals surface area contributed by atoms with Gasteiger partial charge in [0.2, 0.25) is 0 Å². The molecule has 0 heterocycles. The van der Waals surface area contributed by atoms with Crippen LogP contribution in [0.5, 0.6) is 0 Å². The molecule has 0 atom stereocenters. The van der Waals surface area contributed by atoms with Crippen molar-refractivity contribution in [1.82, 2.24) is 0 Å². The molecular formula is C6H5Cl2KO3S. The fourth-order valence-corrected chi connectivity index (χ4v) is 1.93. The molecule has 1 aromatic rings. The number of halogens is 2. The molecule has 0 saturated carbocycles. The minimum absolute atomic E-state index is 0. The number of rotatable bonds is 1. The van der Waals surface area contributed by atoms with Gasteiger partial charge in [0, 0.05) is 5.02 Å². The number of hydrogen-bond acceptors (Lipinski definition) is 2. The van der Waals surface area contributed by atoms with E-state index in [1.54, 1.807) is 0 Å². The molecule has 68 valence electrons. The summed E-state index contributed by atoms with van der Waals surface area (Å²) in [4.78, 5) is -0.339. The zero-order chi connectivity index (χ0) is 9.35. The van der Waals surface area contributed by atoms with E-state index < -0.39 is 10.1 Å². The molecule has 13 heavy (non-hydrogen) atoms. The molecule has 0 saturated heterocycles. The monoisotopic (exact) mass is 266 g/mol. The van der Waals surface area contributed by atoms with Gasteiger partial charge < -0.3 is 1.43 Å². The summed E-state index contributed by atoms with van der Waals surface area (Å²) in [7, 11) is -4.24. The van der Waals surface area contributed by atoms with Gasteiger partial charge in [0.05, 0.1) is 5.02 Å². The molecule has 1 aromatic carbocycles. The van der Waals surface area contributed by atoms with Crippen molar-refractivity contribution >= 4 is 33.3 Å². The Kier molecular flexibility index (Phi) is 6.00. The van der Waals surface area contributed by atoms with Gasteiger partial charge in [-0.1, -0.05) is 23.2 Å². The molecule has 0 spiro atoms. The summed E-state index contributed by atoms with van der Waals surface area (Å²) in [6.07, 6.45) is 0. The Bertz CT molecular complexity index is 410. The Balaban J connectivity index is 0. The predicted molar refractivity (Wildman–Crippen MR) is 47.4 cm³/mol. The molecule has 1 N–H and O–H groups in total. The second-order valence-electron chi connectivity index (χ2n) is 2.05. The minimum Gasteiger partial charge on any atom is -1.00 e. The van der Waals surface area contributed by atoms with Crippen LogP contribution >= 0.6 is 23.2 Å². The molecule has 3 nitrogen and oxygen atoms in total. The van der Waals surface area contributed by atoms with Crippen molar-refractivity contribution in [3.05, 3.63) is 28.2 Å². The summed E-state index contributed by atoms with van der Waals surface area (Å²) in [6, 6.07) is 3.71. The van der Waals surface area contributed by atoms with Gasteiger partial charge in [0.15, 0.2) is 0 Å². The van der Waals surface area contributed by atoms with Crippen LogP contribution in [0.4, 0.5) is 0 Å². The van der Waals surface area contributed by atoms with E-state index in [0.29, 0.717) is 5.02 Å². The number of hydrogen-bond donors (Lipinski definition) is 1. The zero-order valence-corrected chi connectivity index (χ0v) is 12.1. The van der Waals surface area contributed by atoms with Gasteiger partial charge in [0.1, 0.15) is 4.90 Å². The van der Waals surface area contributed by atoms with Gasteiger partial charge in [-0.15, -0.1) is 0 Å². The summed E-state index contributed by atoms with van der Waals surface area (Å²) in [5, 5.41) is 0.220. The third-order valence-electron chi connectivity index (χ3n) is 1.17. The van der Waals surface area contributed by atoms with Crippen LogP contribution in [0.15, 0.2) is 23.1 Å². The largest absolute Gasteiger partial charge is 1.00 e. The van der Waals surface area contributed by atoms with Crippen LogP contribution in [0.25, 0.3) is 0 Å². The molecule has 0 fully saturated rings. The van der Waals surface area contributed by atoms with E-state index in [-0.39, 0.29) is 62.7 Å². The minimum atomic E-state index is -4.24. The van der Waals surface area contributed by atoms with Crippen LogP contribution in [-0.2, 0) is 10.1 Å². The first-order chi connectivity index (χ1) is 5.41. The van der Waals surface area contributed by atoms with Gasteiger partial charge in [0.25, 0.3) is 10.1 Å². The predicted octanol–water partition coefficient (Wildman–Crippen LogP) is -0.643. The molecule has 0 radical (unpaired) electrons. The molecule has 0 aliphatic carbocycles. The van der Waals surface area contributed by atoms with E-state index in [1.807, 2.05) is 0 Å². The normalized spacial score (nSPS) is 10.7. The van der Waals surface area contributed by atoms with Crippen molar-refractivity contribution in [1.29, 1.82) is 0 Å². The maximum atomic E-state index is 10.6. The van der Waals surface area contributed by atoms with Crippen molar-refractivity contribution in [3.8, 4) is 0 Å². The van der Waals surface area contributed by atoms with Gasteiger partial charge in [-0.2, -0.15) is 8.42 Å². The zero-order valence-electron chi connectivity index (χ0n) is 7.66. The standard InChI is InChI=1S/C6H4Cl2O3S.K.H/c7-4-1-2-6(5(8)3-4)12(9,10)11;;/h1-3H,(H,9,10,11);;/q;+1;-1. The Labute approximate surface area is 130 Å². The molecule has 0 aromatic heterocycles. The second kappa shape index (κ2) is 5.44. The molecule has 0 aliphatic heterocycles. The van der Waals surface area contributed by atoms with Crippen molar-refractivity contribution in [2.75, 3.05) is 0 Å². The quantitative estimate of drug-likeness (QED) is 0.544. The topological polar surface area (TPSA) is 54.4 Å².